The zero-order valence-electron chi connectivity index (χ0n) is 16.5. The quantitative estimate of drug-likeness (QED) is 0.296. The van der Waals surface area contributed by atoms with Crippen molar-refractivity contribution in [2.24, 2.45) is 5.73 Å². The summed E-state index contributed by atoms with van der Waals surface area (Å²) in [6.07, 6.45) is 0. The van der Waals surface area contributed by atoms with Crippen LogP contribution in [0.1, 0.15) is 33.4 Å². The number of hydrogen-bond acceptors (Lipinski definition) is 7. The minimum Gasteiger partial charge on any atom is -0.384 e. The van der Waals surface area contributed by atoms with Gasteiger partial charge in [0.2, 0.25) is 0 Å². The SMILES string of the molecule is N=C(N)c1ccc(CSc2nc(C3COCCN3)nn2C(=O)c2ccccc2Cl)cc1. The lowest BCUT2D eigenvalue weighted by molar-refractivity contribution is 0.0739. The van der Waals surface area contributed by atoms with E-state index in [2.05, 4.69) is 15.4 Å². The fourth-order valence-corrected chi connectivity index (χ4v) is 4.20. The van der Waals surface area contributed by atoms with E-state index in [-0.39, 0.29) is 17.8 Å². The van der Waals surface area contributed by atoms with Crippen LogP contribution in [0.3, 0.4) is 0 Å². The number of nitrogen functional groups attached to an aromatic ring is 1. The van der Waals surface area contributed by atoms with Crippen molar-refractivity contribution in [2.45, 2.75) is 17.0 Å². The first-order valence-corrected chi connectivity index (χ1v) is 11.0. The fraction of sp³-hybridized carbons (Fsp3) is 0.238. The summed E-state index contributed by atoms with van der Waals surface area (Å²) < 4.78 is 6.82. The summed E-state index contributed by atoms with van der Waals surface area (Å²) in [6.45, 7) is 1.77. The standard InChI is InChI=1S/C21H21ClN6O2S/c22-16-4-2-1-3-15(16)20(29)28-21(26-19(27-28)17-11-30-10-9-25-17)31-12-13-5-7-14(8-6-13)18(23)24/h1-8,17,25H,9-12H2,(H3,23,24). The van der Waals surface area contributed by atoms with E-state index < -0.39 is 0 Å². The molecule has 2 heterocycles. The van der Waals surface area contributed by atoms with Crippen molar-refractivity contribution in [3.8, 4) is 0 Å². The molecule has 0 amide bonds. The molecule has 1 aliphatic rings. The highest BCUT2D eigenvalue weighted by Gasteiger charge is 2.25. The van der Waals surface area contributed by atoms with Crippen molar-refractivity contribution in [1.82, 2.24) is 20.1 Å². The minimum atomic E-state index is -0.337. The first-order chi connectivity index (χ1) is 15.0. The molecule has 1 aromatic heterocycles. The molecule has 1 saturated heterocycles. The number of hydrogen-bond donors (Lipinski definition) is 3. The zero-order chi connectivity index (χ0) is 21.8. The predicted octanol–water partition coefficient (Wildman–Crippen LogP) is 2.86. The van der Waals surface area contributed by atoms with E-state index in [0.717, 1.165) is 5.56 Å². The number of aromatic nitrogens is 3. The van der Waals surface area contributed by atoms with Gasteiger partial charge in [-0.1, -0.05) is 59.8 Å². The Morgan fingerprint density at radius 3 is 2.74 bits per heavy atom. The van der Waals surface area contributed by atoms with Gasteiger partial charge in [-0.05, 0) is 17.7 Å². The summed E-state index contributed by atoms with van der Waals surface area (Å²) in [5.74, 6) is 0.766. The van der Waals surface area contributed by atoms with Gasteiger partial charge >= 0.3 is 0 Å². The molecule has 1 atom stereocenters. The molecule has 160 valence electrons. The van der Waals surface area contributed by atoms with Gasteiger partial charge in [0.25, 0.3) is 5.91 Å². The first-order valence-electron chi connectivity index (χ1n) is 9.66. The van der Waals surface area contributed by atoms with Crippen molar-refractivity contribution in [1.29, 1.82) is 5.41 Å². The summed E-state index contributed by atoms with van der Waals surface area (Å²) in [4.78, 5) is 17.8. The molecule has 0 radical (unpaired) electrons. The molecule has 0 bridgehead atoms. The molecule has 0 spiro atoms. The number of ether oxygens (including phenoxy) is 1. The molecule has 1 fully saturated rings. The maximum absolute atomic E-state index is 13.2. The van der Waals surface area contributed by atoms with Crippen LogP contribution in [0.2, 0.25) is 5.02 Å². The Morgan fingerprint density at radius 2 is 2.06 bits per heavy atom. The Balaban J connectivity index is 1.61. The number of amidine groups is 1. The highest BCUT2D eigenvalue weighted by molar-refractivity contribution is 7.98. The summed E-state index contributed by atoms with van der Waals surface area (Å²) in [6, 6.07) is 14.1. The predicted molar refractivity (Wildman–Crippen MR) is 120 cm³/mol. The lowest BCUT2D eigenvalue weighted by Gasteiger charge is -2.20. The van der Waals surface area contributed by atoms with Crippen LogP contribution < -0.4 is 11.1 Å². The van der Waals surface area contributed by atoms with Gasteiger partial charge in [-0.15, -0.1) is 5.10 Å². The average Bonchev–Trinajstić information content (AvgIpc) is 3.23. The molecule has 4 N–H and O–H groups in total. The maximum Gasteiger partial charge on any atom is 0.282 e. The highest BCUT2D eigenvalue weighted by Crippen LogP contribution is 2.26. The van der Waals surface area contributed by atoms with Gasteiger partial charge in [-0.25, -0.2) is 4.98 Å². The van der Waals surface area contributed by atoms with E-state index in [9.17, 15) is 4.79 Å². The fourth-order valence-electron chi connectivity index (χ4n) is 3.09. The number of halogens is 1. The van der Waals surface area contributed by atoms with E-state index in [1.165, 1.54) is 16.4 Å². The zero-order valence-corrected chi connectivity index (χ0v) is 18.1. The van der Waals surface area contributed by atoms with Crippen LogP contribution in [-0.4, -0.2) is 46.3 Å². The summed E-state index contributed by atoms with van der Waals surface area (Å²) >= 11 is 7.64. The van der Waals surface area contributed by atoms with Crippen LogP contribution in [0.25, 0.3) is 0 Å². The van der Waals surface area contributed by atoms with E-state index in [1.54, 1.807) is 36.4 Å². The van der Waals surface area contributed by atoms with E-state index in [0.29, 0.717) is 52.6 Å². The van der Waals surface area contributed by atoms with Gasteiger partial charge in [0, 0.05) is 17.9 Å². The van der Waals surface area contributed by atoms with Gasteiger partial charge < -0.3 is 15.8 Å². The molecule has 8 nitrogen and oxygen atoms in total. The minimum absolute atomic E-state index is 0.0242. The van der Waals surface area contributed by atoms with Crippen LogP contribution in [-0.2, 0) is 10.5 Å². The number of carbonyl (C=O) groups excluding carboxylic acids is 1. The molecule has 10 heteroatoms. The third-order valence-corrected chi connectivity index (χ3v) is 6.09. The Bertz CT molecular complexity index is 1100. The van der Waals surface area contributed by atoms with Crippen LogP contribution in [0.15, 0.2) is 53.7 Å². The summed E-state index contributed by atoms with van der Waals surface area (Å²) in [5, 5.41) is 16.1. The Hall–Kier alpha value is -2.72. The van der Waals surface area contributed by atoms with E-state index in [4.69, 9.17) is 27.5 Å². The second-order valence-electron chi connectivity index (χ2n) is 6.93. The molecule has 1 aliphatic heterocycles. The number of nitrogens with zero attached hydrogens (tertiary/aromatic N) is 3. The molecule has 4 rings (SSSR count). The second-order valence-corrected chi connectivity index (χ2v) is 8.28. The second kappa shape index (κ2) is 9.61. The summed E-state index contributed by atoms with van der Waals surface area (Å²) in [5.41, 5.74) is 7.55. The Kier molecular flexibility index (Phi) is 6.67. The number of nitrogens with two attached hydrogens (primary N) is 1. The molecule has 31 heavy (non-hydrogen) atoms. The number of thioether (sulfide) groups is 1. The van der Waals surface area contributed by atoms with Gasteiger partial charge in [-0.2, -0.15) is 4.68 Å². The molecule has 0 saturated carbocycles. The number of morpholine rings is 1. The third kappa shape index (κ3) is 4.96. The van der Waals surface area contributed by atoms with Crippen molar-refractivity contribution in [3.63, 3.8) is 0 Å². The third-order valence-electron chi connectivity index (χ3n) is 4.76. The van der Waals surface area contributed by atoms with Crippen LogP contribution in [0, 0.1) is 5.41 Å². The molecular weight excluding hydrogens is 436 g/mol. The monoisotopic (exact) mass is 456 g/mol. The van der Waals surface area contributed by atoms with Crippen molar-refractivity contribution in [2.75, 3.05) is 19.8 Å². The lowest BCUT2D eigenvalue weighted by atomic mass is 10.1. The van der Waals surface area contributed by atoms with Gasteiger partial charge in [-0.3, -0.25) is 10.2 Å². The molecular formula is C21H21ClN6O2S. The normalized spacial score (nSPS) is 16.2. The van der Waals surface area contributed by atoms with Crippen molar-refractivity contribution >= 4 is 35.1 Å². The van der Waals surface area contributed by atoms with Gasteiger partial charge in [0.15, 0.2) is 11.0 Å². The van der Waals surface area contributed by atoms with Crippen LogP contribution >= 0.6 is 23.4 Å². The Labute approximate surface area is 188 Å². The number of benzene rings is 2. The molecule has 0 aliphatic carbocycles. The van der Waals surface area contributed by atoms with Crippen molar-refractivity contribution < 1.29 is 9.53 Å². The largest absolute Gasteiger partial charge is 0.384 e. The van der Waals surface area contributed by atoms with E-state index in [1.807, 2.05) is 12.1 Å². The smallest absolute Gasteiger partial charge is 0.282 e. The molecule has 3 aromatic rings. The van der Waals surface area contributed by atoms with Gasteiger partial charge in [0.1, 0.15) is 5.84 Å². The lowest BCUT2D eigenvalue weighted by Crippen LogP contribution is -2.35. The van der Waals surface area contributed by atoms with E-state index >= 15 is 0 Å². The summed E-state index contributed by atoms with van der Waals surface area (Å²) in [7, 11) is 0. The van der Waals surface area contributed by atoms with Crippen LogP contribution in [0.5, 0.6) is 0 Å². The molecule has 1 unspecified atom stereocenters. The number of rotatable bonds is 6. The highest BCUT2D eigenvalue weighted by atomic mass is 35.5. The first kappa shape index (κ1) is 21.5. The molecule has 2 aromatic carbocycles. The average molecular weight is 457 g/mol. The number of nitrogens with one attached hydrogen (secondary N) is 2. The topological polar surface area (TPSA) is 119 Å². The number of carbonyl (C=O) groups is 1. The maximum atomic E-state index is 13.2. The van der Waals surface area contributed by atoms with Crippen LogP contribution in [0.4, 0.5) is 0 Å². The van der Waals surface area contributed by atoms with Crippen molar-refractivity contribution in [3.05, 3.63) is 76.1 Å². The Morgan fingerprint density at radius 1 is 1.29 bits per heavy atom. The van der Waals surface area contributed by atoms with Gasteiger partial charge in [0.05, 0.1) is 29.8 Å².